The highest BCUT2D eigenvalue weighted by atomic mass is 16.4. The van der Waals surface area contributed by atoms with Gasteiger partial charge in [0.25, 0.3) is 0 Å². The molecule has 18 heavy (non-hydrogen) atoms. The summed E-state index contributed by atoms with van der Waals surface area (Å²) in [4.78, 5) is 26.3. The molecule has 1 fully saturated rings. The van der Waals surface area contributed by atoms with Crippen molar-refractivity contribution < 1.29 is 14.7 Å². The van der Waals surface area contributed by atoms with Gasteiger partial charge in [-0.1, -0.05) is 6.42 Å². The Kier molecular flexibility index (Phi) is 5.44. The Morgan fingerprint density at radius 1 is 1.39 bits per heavy atom. The van der Waals surface area contributed by atoms with Crippen molar-refractivity contribution in [3.8, 4) is 0 Å². The summed E-state index contributed by atoms with van der Waals surface area (Å²) >= 11 is 0. The van der Waals surface area contributed by atoms with Gasteiger partial charge in [-0.2, -0.15) is 0 Å². The maximum absolute atomic E-state index is 12.2. The van der Waals surface area contributed by atoms with Gasteiger partial charge in [0, 0.05) is 26.2 Å². The van der Waals surface area contributed by atoms with Crippen molar-refractivity contribution in [3.05, 3.63) is 0 Å². The summed E-state index contributed by atoms with van der Waals surface area (Å²) in [5, 5.41) is 8.79. The van der Waals surface area contributed by atoms with Gasteiger partial charge in [-0.3, -0.25) is 4.79 Å². The number of urea groups is 1. The maximum Gasteiger partial charge on any atom is 0.319 e. The molecule has 1 aliphatic rings. The van der Waals surface area contributed by atoms with Gasteiger partial charge in [0.05, 0.1) is 6.42 Å². The zero-order valence-corrected chi connectivity index (χ0v) is 11.6. The molecule has 0 heterocycles. The van der Waals surface area contributed by atoms with E-state index in [4.69, 9.17) is 5.11 Å². The van der Waals surface area contributed by atoms with Gasteiger partial charge >= 0.3 is 12.0 Å². The fraction of sp³-hybridized carbons (Fsp3) is 0.846. The molecule has 0 saturated heterocycles. The smallest absolute Gasteiger partial charge is 0.319 e. The highest BCUT2D eigenvalue weighted by Crippen LogP contribution is 2.27. The summed E-state index contributed by atoms with van der Waals surface area (Å²) in [6, 6.07) is -0.318. The first-order chi connectivity index (χ1) is 8.45. The summed E-state index contributed by atoms with van der Waals surface area (Å²) in [5.74, 6) is -0.233. The number of carbonyl (C=O) groups is 2. The van der Waals surface area contributed by atoms with Crippen molar-refractivity contribution in [1.29, 1.82) is 0 Å². The third kappa shape index (κ3) is 3.89. The molecule has 1 rings (SSSR count). The van der Waals surface area contributed by atoms with Gasteiger partial charge in [0.2, 0.25) is 0 Å². The minimum atomic E-state index is -0.865. The minimum absolute atomic E-state index is 0.00313. The number of carboxylic acids is 1. The molecule has 104 valence electrons. The second-order valence-corrected chi connectivity index (χ2v) is 5.19. The first kappa shape index (κ1) is 14.8. The first-order valence-corrected chi connectivity index (χ1v) is 6.69. The number of carboxylic acid groups (broad SMARTS) is 1. The van der Waals surface area contributed by atoms with E-state index in [9.17, 15) is 9.59 Å². The third-order valence-electron chi connectivity index (χ3n) is 3.67. The number of carbonyl (C=O) groups excluding carboxylic acids is 1. The molecule has 0 radical (unpaired) electrons. The van der Waals surface area contributed by atoms with Gasteiger partial charge in [0.15, 0.2) is 0 Å². The molecular weight excluding hydrogens is 232 g/mol. The van der Waals surface area contributed by atoms with E-state index in [1.165, 1.54) is 19.3 Å². The number of hydrogen-bond acceptors (Lipinski definition) is 2. The number of aliphatic carboxylic acids is 1. The van der Waals surface area contributed by atoms with Gasteiger partial charge in [-0.25, -0.2) is 4.79 Å². The second kappa shape index (κ2) is 6.61. The van der Waals surface area contributed by atoms with Crippen LogP contribution in [0.15, 0.2) is 0 Å². The van der Waals surface area contributed by atoms with E-state index in [1.54, 1.807) is 23.8 Å². The van der Waals surface area contributed by atoms with Gasteiger partial charge in [-0.05, 0) is 32.6 Å². The Morgan fingerprint density at radius 3 is 2.39 bits per heavy atom. The number of rotatable bonds is 6. The normalized spacial score (nSPS) is 16.8. The molecule has 5 heteroatoms. The van der Waals surface area contributed by atoms with E-state index in [0.717, 1.165) is 6.54 Å². The summed E-state index contributed by atoms with van der Waals surface area (Å²) < 4.78 is 0. The average molecular weight is 256 g/mol. The standard InChI is InChI=1S/C13H24N2O3/c1-4-15(10(2)8-12(16)17)13(18)14(3)9-11-6-5-7-11/h10-11H,4-9H2,1-3H3,(H,16,17). The van der Waals surface area contributed by atoms with Crippen molar-refractivity contribution in [2.45, 2.75) is 45.6 Å². The Labute approximate surface area is 109 Å². The summed E-state index contributed by atoms with van der Waals surface area (Å²) in [6.07, 6.45) is 3.67. The van der Waals surface area contributed by atoms with Gasteiger partial charge < -0.3 is 14.9 Å². The monoisotopic (exact) mass is 256 g/mol. The minimum Gasteiger partial charge on any atom is -0.481 e. The van der Waals surface area contributed by atoms with Crippen LogP contribution in [0.4, 0.5) is 4.79 Å². The lowest BCUT2D eigenvalue weighted by molar-refractivity contribution is -0.138. The van der Waals surface area contributed by atoms with Crippen molar-refractivity contribution in [1.82, 2.24) is 9.80 Å². The number of hydrogen-bond donors (Lipinski definition) is 1. The fourth-order valence-corrected chi connectivity index (χ4v) is 2.36. The maximum atomic E-state index is 12.2. The van der Waals surface area contributed by atoms with Crippen LogP contribution in [0.3, 0.4) is 0 Å². The quantitative estimate of drug-likeness (QED) is 0.791. The Bertz CT molecular complexity index is 303. The van der Waals surface area contributed by atoms with Crippen LogP contribution in [0.1, 0.15) is 39.5 Å². The van der Waals surface area contributed by atoms with E-state index < -0.39 is 5.97 Å². The van der Waals surface area contributed by atoms with Crippen LogP contribution < -0.4 is 0 Å². The number of amides is 2. The molecule has 0 aliphatic heterocycles. The zero-order chi connectivity index (χ0) is 13.7. The van der Waals surface area contributed by atoms with Crippen LogP contribution in [0, 0.1) is 5.92 Å². The lowest BCUT2D eigenvalue weighted by Crippen LogP contribution is -2.48. The SMILES string of the molecule is CCN(C(=O)N(C)CC1CCC1)C(C)CC(=O)O. The fourth-order valence-electron chi connectivity index (χ4n) is 2.36. The Hall–Kier alpha value is -1.26. The van der Waals surface area contributed by atoms with Crippen LogP contribution in [-0.4, -0.2) is 53.1 Å². The molecule has 0 bridgehead atoms. The van der Waals surface area contributed by atoms with E-state index in [2.05, 4.69) is 0 Å². The molecular formula is C13H24N2O3. The lowest BCUT2D eigenvalue weighted by atomic mass is 9.85. The predicted octanol–water partition coefficient (Wildman–Crippen LogP) is 2.02. The summed E-state index contributed by atoms with van der Waals surface area (Å²) in [6.45, 7) is 5.00. The predicted molar refractivity (Wildman–Crippen MR) is 69.5 cm³/mol. The second-order valence-electron chi connectivity index (χ2n) is 5.19. The average Bonchev–Trinajstić information content (AvgIpc) is 2.22. The molecule has 0 aromatic carbocycles. The molecule has 5 nitrogen and oxygen atoms in total. The molecule has 1 atom stereocenters. The molecule has 1 aliphatic carbocycles. The molecule has 0 aromatic rings. The van der Waals surface area contributed by atoms with Crippen molar-refractivity contribution in [3.63, 3.8) is 0 Å². The van der Waals surface area contributed by atoms with Crippen LogP contribution in [-0.2, 0) is 4.79 Å². The first-order valence-electron chi connectivity index (χ1n) is 6.69. The van der Waals surface area contributed by atoms with Crippen LogP contribution >= 0.6 is 0 Å². The van der Waals surface area contributed by atoms with E-state index in [0.29, 0.717) is 12.5 Å². The molecule has 1 saturated carbocycles. The zero-order valence-electron chi connectivity index (χ0n) is 11.6. The third-order valence-corrected chi connectivity index (χ3v) is 3.67. The molecule has 0 spiro atoms. The lowest BCUT2D eigenvalue weighted by Gasteiger charge is -2.35. The number of nitrogens with zero attached hydrogens (tertiary/aromatic N) is 2. The Morgan fingerprint density at radius 2 is 2.00 bits per heavy atom. The summed E-state index contributed by atoms with van der Waals surface area (Å²) in [5.41, 5.74) is 0. The van der Waals surface area contributed by atoms with Crippen LogP contribution in [0.2, 0.25) is 0 Å². The molecule has 1 unspecified atom stereocenters. The van der Waals surface area contributed by atoms with E-state index in [-0.39, 0.29) is 18.5 Å². The Balaban J connectivity index is 2.50. The van der Waals surface area contributed by atoms with Crippen molar-refractivity contribution >= 4 is 12.0 Å². The largest absolute Gasteiger partial charge is 0.481 e. The molecule has 0 aromatic heterocycles. The van der Waals surface area contributed by atoms with Gasteiger partial charge in [0.1, 0.15) is 0 Å². The highest BCUT2D eigenvalue weighted by Gasteiger charge is 2.26. The van der Waals surface area contributed by atoms with E-state index in [1.807, 2.05) is 6.92 Å². The van der Waals surface area contributed by atoms with E-state index >= 15 is 0 Å². The molecule has 1 N–H and O–H groups in total. The van der Waals surface area contributed by atoms with Crippen molar-refractivity contribution in [2.75, 3.05) is 20.1 Å². The molecule has 2 amide bonds. The van der Waals surface area contributed by atoms with Crippen LogP contribution in [0.25, 0.3) is 0 Å². The summed E-state index contributed by atoms with van der Waals surface area (Å²) in [7, 11) is 1.80. The van der Waals surface area contributed by atoms with Gasteiger partial charge in [-0.15, -0.1) is 0 Å². The van der Waals surface area contributed by atoms with Crippen molar-refractivity contribution in [2.24, 2.45) is 5.92 Å². The highest BCUT2D eigenvalue weighted by molar-refractivity contribution is 5.75. The van der Waals surface area contributed by atoms with Crippen LogP contribution in [0.5, 0.6) is 0 Å². The topological polar surface area (TPSA) is 60.9 Å².